The summed E-state index contributed by atoms with van der Waals surface area (Å²) in [4.78, 5) is 27.7. The van der Waals surface area contributed by atoms with E-state index in [1.165, 1.54) is 25.6 Å². The van der Waals surface area contributed by atoms with E-state index < -0.39 is 0 Å². The van der Waals surface area contributed by atoms with Crippen LogP contribution in [-0.4, -0.2) is 78.0 Å². The van der Waals surface area contributed by atoms with Gasteiger partial charge in [0.25, 0.3) is 0 Å². The minimum absolute atomic E-state index is 0.0251. The van der Waals surface area contributed by atoms with E-state index in [0.29, 0.717) is 11.5 Å². The predicted molar refractivity (Wildman–Crippen MR) is 122 cm³/mol. The molecule has 9 heteroatoms. The predicted octanol–water partition coefficient (Wildman–Crippen LogP) is 2.33. The fourth-order valence-electron chi connectivity index (χ4n) is 5.00. The minimum Gasteiger partial charge on any atom is -0.359 e. The molecule has 32 heavy (non-hydrogen) atoms. The van der Waals surface area contributed by atoms with Crippen LogP contribution < -0.4 is 15.5 Å². The number of aromatic nitrogens is 2. The summed E-state index contributed by atoms with van der Waals surface area (Å²) in [6, 6.07) is 7.21. The molecule has 2 aromatic rings. The molecule has 2 saturated heterocycles. The van der Waals surface area contributed by atoms with Crippen molar-refractivity contribution in [2.24, 2.45) is 0 Å². The monoisotopic (exact) mass is 439 g/mol. The summed E-state index contributed by atoms with van der Waals surface area (Å²) in [5.74, 6) is 1.18. The van der Waals surface area contributed by atoms with Gasteiger partial charge in [0.15, 0.2) is 11.6 Å². The molecule has 0 spiro atoms. The number of nitrogens with one attached hydrogen (secondary N) is 2. The van der Waals surface area contributed by atoms with Crippen molar-refractivity contribution in [2.75, 3.05) is 67.9 Å². The SMILES string of the molecule is O=C1CNc2ncnc(N3CCN(C(CN4CCCCC4)c4ccccc4F)CC3)c2N1. The second-order valence-electron chi connectivity index (χ2n) is 8.74. The van der Waals surface area contributed by atoms with Gasteiger partial charge in [-0.3, -0.25) is 9.69 Å². The first-order valence-electron chi connectivity index (χ1n) is 11.5. The molecule has 5 rings (SSSR count). The average Bonchev–Trinajstić information content (AvgIpc) is 2.83. The number of carbonyl (C=O) groups is 1. The molecule has 0 radical (unpaired) electrons. The average molecular weight is 440 g/mol. The fraction of sp³-hybridized carbons (Fsp3) is 0.522. The Bertz CT molecular complexity index is 957. The van der Waals surface area contributed by atoms with E-state index in [1.54, 1.807) is 12.1 Å². The second kappa shape index (κ2) is 9.38. The number of rotatable bonds is 5. The van der Waals surface area contributed by atoms with Gasteiger partial charge in [0.05, 0.1) is 12.6 Å². The Kier molecular flexibility index (Phi) is 6.18. The van der Waals surface area contributed by atoms with Crippen LogP contribution in [0.2, 0.25) is 0 Å². The van der Waals surface area contributed by atoms with Crippen molar-refractivity contribution in [3.63, 3.8) is 0 Å². The van der Waals surface area contributed by atoms with Crippen molar-refractivity contribution in [3.05, 3.63) is 42.0 Å². The Morgan fingerprint density at radius 2 is 1.78 bits per heavy atom. The third kappa shape index (κ3) is 4.40. The number of hydrogen-bond acceptors (Lipinski definition) is 7. The van der Waals surface area contributed by atoms with E-state index >= 15 is 0 Å². The number of halogens is 1. The second-order valence-corrected chi connectivity index (χ2v) is 8.74. The van der Waals surface area contributed by atoms with Crippen LogP contribution in [0.5, 0.6) is 0 Å². The standard InChI is InChI=1S/C23H30FN7O/c24-18-7-3-2-6-17(18)19(15-29-8-4-1-5-9-29)30-10-12-31(13-11-30)23-21-22(26-16-27-23)25-14-20(32)28-21/h2-3,6-7,16,19H,1,4-5,8-15H2,(H,28,32)(H,25,26,27). The summed E-state index contributed by atoms with van der Waals surface area (Å²) in [7, 11) is 0. The van der Waals surface area contributed by atoms with Crippen molar-refractivity contribution >= 4 is 23.2 Å². The molecule has 0 saturated carbocycles. The lowest BCUT2D eigenvalue weighted by Gasteiger charge is -2.42. The number of anilines is 3. The first kappa shape index (κ1) is 21.1. The number of hydrogen-bond donors (Lipinski definition) is 2. The Balaban J connectivity index is 1.33. The molecular formula is C23H30FN7O. The number of nitrogens with zero attached hydrogens (tertiary/aromatic N) is 5. The maximum absolute atomic E-state index is 14.8. The van der Waals surface area contributed by atoms with Gasteiger partial charge >= 0.3 is 0 Å². The molecule has 1 aromatic carbocycles. The van der Waals surface area contributed by atoms with Gasteiger partial charge in [-0.1, -0.05) is 24.6 Å². The molecule has 1 amide bonds. The molecule has 1 aromatic heterocycles. The summed E-state index contributed by atoms with van der Waals surface area (Å²) in [5, 5.41) is 5.95. The van der Waals surface area contributed by atoms with Gasteiger partial charge in [-0.25, -0.2) is 14.4 Å². The fourth-order valence-corrected chi connectivity index (χ4v) is 5.00. The number of piperidine rings is 1. The summed E-state index contributed by atoms with van der Waals surface area (Å²) >= 11 is 0. The number of benzene rings is 1. The largest absolute Gasteiger partial charge is 0.359 e. The zero-order chi connectivity index (χ0) is 21.9. The van der Waals surface area contributed by atoms with Crippen LogP contribution in [0.4, 0.5) is 21.7 Å². The molecule has 0 bridgehead atoms. The molecule has 2 fully saturated rings. The molecule has 3 aliphatic heterocycles. The molecule has 1 atom stereocenters. The zero-order valence-corrected chi connectivity index (χ0v) is 18.3. The number of carbonyl (C=O) groups excluding carboxylic acids is 1. The van der Waals surface area contributed by atoms with Crippen LogP contribution in [0.3, 0.4) is 0 Å². The van der Waals surface area contributed by atoms with Gasteiger partial charge < -0.3 is 20.4 Å². The smallest absolute Gasteiger partial charge is 0.243 e. The van der Waals surface area contributed by atoms with E-state index in [9.17, 15) is 9.18 Å². The van der Waals surface area contributed by atoms with Gasteiger partial charge in [-0.2, -0.15) is 0 Å². The first-order valence-corrected chi connectivity index (χ1v) is 11.5. The van der Waals surface area contributed by atoms with E-state index in [4.69, 9.17) is 0 Å². The highest BCUT2D eigenvalue weighted by Gasteiger charge is 2.31. The summed E-state index contributed by atoms with van der Waals surface area (Å²) in [6.07, 6.45) is 5.25. The van der Waals surface area contributed by atoms with Crippen molar-refractivity contribution < 1.29 is 9.18 Å². The Morgan fingerprint density at radius 1 is 1.00 bits per heavy atom. The maximum atomic E-state index is 14.8. The number of amides is 1. The van der Waals surface area contributed by atoms with Crippen LogP contribution in [0.15, 0.2) is 30.6 Å². The lowest BCUT2D eigenvalue weighted by molar-refractivity contribution is -0.114. The molecule has 3 aliphatic rings. The van der Waals surface area contributed by atoms with Crippen molar-refractivity contribution in [1.82, 2.24) is 19.8 Å². The molecule has 4 heterocycles. The van der Waals surface area contributed by atoms with Gasteiger partial charge in [0.2, 0.25) is 5.91 Å². The molecule has 170 valence electrons. The van der Waals surface area contributed by atoms with E-state index in [0.717, 1.165) is 57.2 Å². The van der Waals surface area contributed by atoms with Crippen molar-refractivity contribution in [3.8, 4) is 0 Å². The third-order valence-corrected chi connectivity index (χ3v) is 6.71. The van der Waals surface area contributed by atoms with Gasteiger partial charge in [-0.05, 0) is 32.0 Å². The van der Waals surface area contributed by atoms with Crippen LogP contribution >= 0.6 is 0 Å². The molecule has 8 nitrogen and oxygen atoms in total. The van der Waals surface area contributed by atoms with Crippen LogP contribution in [0.1, 0.15) is 30.9 Å². The number of likely N-dealkylation sites (tertiary alicyclic amines) is 1. The first-order chi connectivity index (χ1) is 15.7. The summed E-state index contributed by atoms with van der Waals surface area (Å²) in [6.45, 7) is 6.35. The minimum atomic E-state index is -0.129. The molecule has 0 aliphatic carbocycles. The van der Waals surface area contributed by atoms with Crippen LogP contribution in [-0.2, 0) is 4.79 Å². The van der Waals surface area contributed by atoms with Crippen molar-refractivity contribution in [1.29, 1.82) is 0 Å². The lowest BCUT2D eigenvalue weighted by atomic mass is 10.0. The zero-order valence-electron chi connectivity index (χ0n) is 18.3. The van der Waals surface area contributed by atoms with Crippen molar-refractivity contribution in [2.45, 2.75) is 25.3 Å². The highest BCUT2D eigenvalue weighted by molar-refractivity contribution is 6.02. The Morgan fingerprint density at radius 3 is 2.56 bits per heavy atom. The van der Waals surface area contributed by atoms with Crippen LogP contribution in [0, 0.1) is 5.82 Å². The Hall–Kier alpha value is -2.78. The van der Waals surface area contributed by atoms with E-state index in [2.05, 4.69) is 35.3 Å². The molecule has 1 unspecified atom stereocenters. The summed E-state index contributed by atoms with van der Waals surface area (Å²) < 4.78 is 14.8. The topological polar surface area (TPSA) is 76.6 Å². The highest BCUT2D eigenvalue weighted by atomic mass is 19.1. The normalized spacial score (nSPS) is 20.9. The number of piperazine rings is 1. The van der Waals surface area contributed by atoms with E-state index in [-0.39, 0.29) is 24.3 Å². The van der Waals surface area contributed by atoms with Crippen LogP contribution in [0.25, 0.3) is 0 Å². The van der Waals surface area contributed by atoms with E-state index in [1.807, 2.05) is 12.1 Å². The molecular weight excluding hydrogens is 409 g/mol. The van der Waals surface area contributed by atoms with Gasteiger partial charge in [0, 0.05) is 38.3 Å². The quantitative estimate of drug-likeness (QED) is 0.741. The maximum Gasteiger partial charge on any atom is 0.243 e. The van der Waals surface area contributed by atoms with Gasteiger partial charge in [0.1, 0.15) is 17.8 Å². The lowest BCUT2D eigenvalue weighted by Crippen LogP contribution is -2.51. The molecule has 2 N–H and O–H groups in total. The number of fused-ring (bicyclic) bond motifs is 1. The van der Waals surface area contributed by atoms with Gasteiger partial charge in [-0.15, -0.1) is 0 Å². The summed E-state index contributed by atoms with van der Waals surface area (Å²) in [5.41, 5.74) is 1.43. The third-order valence-electron chi connectivity index (χ3n) is 6.71. The highest BCUT2D eigenvalue weighted by Crippen LogP contribution is 2.33. The Labute approximate surface area is 187 Å².